The van der Waals surface area contributed by atoms with Crippen molar-refractivity contribution in [2.24, 2.45) is 0 Å². The molecule has 19 heavy (non-hydrogen) atoms. The Morgan fingerprint density at radius 2 is 2.00 bits per heavy atom. The third-order valence-corrected chi connectivity index (χ3v) is 3.87. The van der Waals surface area contributed by atoms with Gasteiger partial charge in [0.05, 0.1) is 5.56 Å². The molecule has 0 unspecified atom stereocenters. The summed E-state index contributed by atoms with van der Waals surface area (Å²) in [6, 6.07) is 13.6. The number of hydrogen-bond acceptors (Lipinski definition) is 3. The number of benzene rings is 1. The molecule has 1 aromatic heterocycles. The first-order valence-electron chi connectivity index (χ1n) is 5.83. The van der Waals surface area contributed by atoms with Crippen molar-refractivity contribution < 1.29 is 4.79 Å². The highest BCUT2D eigenvalue weighted by Crippen LogP contribution is 2.15. The predicted molar refractivity (Wildman–Crippen MR) is 81.4 cm³/mol. The fraction of sp³-hybridized carbons (Fsp3) is 0.143. The molecule has 1 N–H and O–H groups in total. The Morgan fingerprint density at radius 1 is 1.21 bits per heavy atom. The molecule has 0 radical (unpaired) electrons. The molecule has 0 fully saturated rings. The van der Waals surface area contributed by atoms with E-state index < -0.39 is 0 Å². The summed E-state index contributed by atoms with van der Waals surface area (Å²) in [7, 11) is 0. The van der Waals surface area contributed by atoms with Crippen molar-refractivity contribution in [2.75, 3.05) is 12.3 Å². The fourth-order valence-corrected chi connectivity index (χ4v) is 2.49. The number of thioether (sulfide) groups is 1. The number of pyridine rings is 1. The van der Waals surface area contributed by atoms with E-state index in [2.05, 4.69) is 38.4 Å². The molecule has 0 saturated carbocycles. The van der Waals surface area contributed by atoms with E-state index in [1.165, 1.54) is 4.90 Å². The highest BCUT2D eigenvalue weighted by molar-refractivity contribution is 9.10. The molecular formula is C14H13BrN2OS. The molecule has 0 aliphatic rings. The van der Waals surface area contributed by atoms with E-state index in [1.807, 2.05) is 18.2 Å². The van der Waals surface area contributed by atoms with E-state index in [0.717, 1.165) is 10.4 Å². The first-order chi connectivity index (χ1) is 9.25. The van der Waals surface area contributed by atoms with Gasteiger partial charge in [-0.2, -0.15) is 0 Å². The molecule has 2 rings (SSSR count). The number of rotatable bonds is 5. The number of hydrogen-bond donors (Lipinski definition) is 1. The Labute approximate surface area is 125 Å². The lowest BCUT2D eigenvalue weighted by Gasteiger charge is -2.05. The van der Waals surface area contributed by atoms with Gasteiger partial charge in [-0.3, -0.25) is 4.79 Å². The fourth-order valence-electron chi connectivity index (χ4n) is 1.46. The topological polar surface area (TPSA) is 42.0 Å². The first kappa shape index (κ1) is 14.1. The van der Waals surface area contributed by atoms with Gasteiger partial charge in [-0.05, 0) is 40.2 Å². The molecule has 0 aliphatic heterocycles. The van der Waals surface area contributed by atoms with Crippen LogP contribution >= 0.6 is 27.7 Å². The van der Waals surface area contributed by atoms with Crippen LogP contribution in [0.5, 0.6) is 0 Å². The largest absolute Gasteiger partial charge is 0.351 e. The second kappa shape index (κ2) is 7.31. The Bertz CT molecular complexity index is 531. The molecule has 98 valence electrons. The maximum atomic E-state index is 11.8. The second-order valence-electron chi connectivity index (χ2n) is 3.79. The van der Waals surface area contributed by atoms with Crippen LogP contribution in [0.3, 0.4) is 0 Å². The first-order valence-corrected chi connectivity index (χ1v) is 7.61. The summed E-state index contributed by atoms with van der Waals surface area (Å²) in [6.45, 7) is 0.633. The molecule has 2 aromatic rings. The minimum Gasteiger partial charge on any atom is -0.351 e. The van der Waals surface area contributed by atoms with E-state index in [9.17, 15) is 4.79 Å². The summed E-state index contributed by atoms with van der Waals surface area (Å²) >= 11 is 4.96. The Kier molecular flexibility index (Phi) is 5.42. The van der Waals surface area contributed by atoms with Crippen LogP contribution in [0.1, 0.15) is 10.4 Å². The summed E-state index contributed by atoms with van der Waals surface area (Å²) < 4.78 is 0.726. The van der Waals surface area contributed by atoms with Gasteiger partial charge in [0.2, 0.25) is 0 Å². The Morgan fingerprint density at radius 3 is 2.68 bits per heavy atom. The zero-order chi connectivity index (χ0) is 13.5. The van der Waals surface area contributed by atoms with Crippen molar-refractivity contribution in [1.82, 2.24) is 10.3 Å². The molecule has 1 amide bonds. The van der Waals surface area contributed by atoms with Gasteiger partial charge < -0.3 is 5.32 Å². The molecule has 5 heteroatoms. The van der Waals surface area contributed by atoms with E-state index in [0.29, 0.717) is 12.1 Å². The minimum atomic E-state index is -0.0892. The predicted octanol–water partition coefficient (Wildman–Crippen LogP) is 3.37. The van der Waals surface area contributed by atoms with E-state index >= 15 is 0 Å². The van der Waals surface area contributed by atoms with E-state index in [-0.39, 0.29) is 5.91 Å². The lowest BCUT2D eigenvalue weighted by atomic mass is 10.3. The molecule has 0 bridgehead atoms. The van der Waals surface area contributed by atoms with Gasteiger partial charge >= 0.3 is 0 Å². The zero-order valence-electron chi connectivity index (χ0n) is 10.2. The van der Waals surface area contributed by atoms with Crippen LogP contribution in [0.25, 0.3) is 0 Å². The normalized spacial score (nSPS) is 10.2. The van der Waals surface area contributed by atoms with Crippen LogP contribution in [0.2, 0.25) is 0 Å². The van der Waals surface area contributed by atoms with Crippen LogP contribution in [-0.2, 0) is 0 Å². The SMILES string of the molecule is O=C(NCCSc1ccccc1)c1ccc(Br)nc1. The monoisotopic (exact) mass is 336 g/mol. The Hall–Kier alpha value is -1.33. The number of aromatic nitrogens is 1. The van der Waals surface area contributed by atoms with Gasteiger partial charge in [0.25, 0.3) is 5.91 Å². The molecule has 0 atom stereocenters. The molecule has 0 spiro atoms. The van der Waals surface area contributed by atoms with Crippen LogP contribution in [0, 0.1) is 0 Å². The van der Waals surface area contributed by atoms with Gasteiger partial charge in [-0.25, -0.2) is 4.98 Å². The van der Waals surface area contributed by atoms with Crippen LogP contribution < -0.4 is 5.32 Å². The third kappa shape index (κ3) is 4.69. The number of carbonyl (C=O) groups excluding carboxylic acids is 1. The summed E-state index contributed by atoms with van der Waals surface area (Å²) in [5, 5.41) is 2.87. The number of amides is 1. The van der Waals surface area contributed by atoms with Crippen molar-refractivity contribution in [1.29, 1.82) is 0 Å². The van der Waals surface area contributed by atoms with Crippen molar-refractivity contribution in [3.05, 3.63) is 58.8 Å². The average Bonchev–Trinajstić information content (AvgIpc) is 2.45. The zero-order valence-corrected chi connectivity index (χ0v) is 12.6. The van der Waals surface area contributed by atoms with Gasteiger partial charge in [0, 0.05) is 23.4 Å². The van der Waals surface area contributed by atoms with Gasteiger partial charge in [0.15, 0.2) is 0 Å². The average molecular weight is 337 g/mol. The van der Waals surface area contributed by atoms with Crippen molar-refractivity contribution >= 4 is 33.6 Å². The maximum absolute atomic E-state index is 11.8. The van der Waals surface area contributed by atoms with Crippen LogP contribution in [0.15, 0.2) is 58.2 Å². The maximum Gasteiger partial charge on any atom is 0.252 e. The highest BCUT2D eigenvalue weighted by Gasteiger charge is 2.04. The Balaban J connectivity index is 1.74. The van der Waals surface area contributed by atoms with Crippen LogP contribution in [-0.4, -0.2) is 23.2 Å². The lowest BCUT2D eigenvalue weighted by molar-refractivity contribution is 0.0956. The molecule has 3 nitrogen and oxygen atoms in total. The molecule has 0 saturated heterocycles. The number of halogens is 1. The van der Waals surface area contributed by atoms with Crippen LogP contribution in [0.4, 0.5) is 0 Å². The molecule has 1 heterocycles. The highest BCUT2D eigenvalue weighted by atomic mass is 79.9. The van der Waals surface area contributed by atoms with E-state index in [1.54, 1.807) is 30.1 Å². The molecule has 0 aliphatic carbocycles. The standard InChI is InChI=1S/C14H13BrN2OS/c15-13-7-6-11(10-17-13)14(18)16-8-9-19-12-4-2-1-3-5-12/h1-7,10H,8-9H2,(H,16,18). The summed E-state index contributed by atoms with van der Waals surface area (Å²) in [4.78, 5) is 17.0. The number of carbonyl (C=O) groups is 1. The third-order valence-electron chi connectivity index (χ3n) is 2.39. The summed E-state index contributed by atoms with van der Waals surface area (Å²) in [5.41, 5.74) is 0.577. The molecular weight excluding hydrogens is 324 g/mol. The minimum absolute atomic E-state index is 0.0892. The smallest absolute Gasteiger partial charge is 0.252 e. The second-order valence-corrected chi connectivity index (χ2v) is 5.77. The summed E-state index contributed by atoms with van der Waals surface area (Å²) in [6.07, 6.45) is 1.56. The quantitative estimate of drug-likeness (QED) is 0.517. The van der Waals surface area contributed by atoms with Gasteiger partial charge in [-0.1, -0.05) is 18.2 Å². The van der Waals surface area contributed by atoms with Crippen molar-refractivity contribution in [3.8, 4) is 0 Å². The number of nitrogens with zero attached hydrogens (tertiary/aromatic N) is 1. The molecule has 1 aromatic carbocycles. The number of nitrogens with one attached hydrogen (secondary N) is 1. The summed E-state index contributed by atoms with van der Waals surface area (Å²) in [5.74, 6) is 0.758. The van der Waals surface area contributed by atoms with Crippen molar-refractivity contribution in [3.63, 3.8) is 0 Å². The van der Waals surface area contributed by atoms with Crippen molar-refractivity contribution in [2.45, 2.75) is 4.90 Å². The van der Waals surface area contributed by atoms with Gasteiger partial charge in [-0.15, -0.1) is 11.8 Å². The van der Waals surface area contributed by atoms with Gasteiger partial charge in [0.1, 0.15) is 4.60 Å². The lowest BCUT2D eigenvalue weighted by Crippen LogP contribution is -2.25. The van der Waals surface area contributed by atoms with E-state index in [4.69, 9.17) is 0 Å².